The first-order valence-corrected chi connectivity index (χ1v) is 7.11. The Bertz CT molecular complexity index is 344. The molecule has 1 atom stereocenters. The maximum Gasteiger partial charge on any atom is 0.0524 e. The lowest BCUT2D eigenvalue weighted by Gasteiger charge is -2.36. The second-order valence-corrected chi connectivity index (χ2v) is 5.92. The molecule has 0 aliphatic heterocycles. The van der Waals surface area contributed by atoms with Gasteiger partial charge in [-0.15, -0.1) is 0 Å². The van der Waals surface area contributed by atoms with Gasteiger partial charge in [0.2, 0.25) is 0 Å². The molecule has 0 bridgehead atoms. The molecule has 2 N–H and O–H groups in total. The zero-order valence-electron chi connectivity index (χ0n) is 10.2. The van der Waals surface area contributed by atoms with Crippen LogP contribution in [-0.4, -0.2) is 23.8 Å². The highest BCUT2D eigenvalue weighted by Crippen LogP contribution is 2.37. The summed E-state index contributed by atoms with van der Waals surface area (Å²) in [6.07, 6.45) is 3.10. The van der Waals surface area contributed by atoms with Crippen molar-refractivity contribution in [3.05, 3.63) is 34.3 Å². The number of rotatable bonds is 5. The monoisotopic (exact) mass is 297 g/mol. The van der Waals surface area contributed by atoms with Gasteiger partial charge in [0.25, 0.3) is 0 Å². The molecule has 1 saturated carbocycles. The van der Waals surface area contributed by atoms with Crippen LogP contribution in [0.5, 0.6) is 0 Å². The van der Waals surface area contributed by atoms with E-state index in [2.05, 4.69) is 45.5 Å². The van der Waals surface area contributed by atoms with Gasteiger partial charge in [-0.05, 0) is 56.3 Å². The largest absolute Gasteiger partial charge is 0.393 e. The van der Waals surface area contributed by atoms with E-state index in [1.165, 1.54) is 18.4 Å². The first kappa shape index (κ1) is 13.1. The normalized spacial score (nSPS) is 25.4. The number of halogens is 1. The van der Waals surface area contributed by atoms with E-state index in [9.17, 15) is 0 Å². The molecule has 0 amide bonds. The van der Waals surface area contributed by atoms with E-state index < -0.39 is 0 Å². The quantitative estimate of drug-likeness (QED) is 0.875. The minimum absolute atomic E-state index is 0.190. The molecule has 94 valence electrons. The highest BCUT2D eigenvalue weighted by molar-refractivity contribution is 9.10. The number of hydrogen-bond acceptors (Lipinski definition) is 2. The van der Waals surface area contributed by atoms with Gasteiger partial charge in [-0.1, -0.05) is 28.1 Å². The topological polar surface area (TPSA) is 32.3 Å². The molecule has 0 aromatic heterocycles. The van der Waals surface area contributed by atoms with Crippen molar-refractivity contribution in [1.82, 2.24) is 5.32 Å². The molecule has 2 nitrogen and oxygen atoms in total. The van der Waals surface area contributed by atoms with Crippen LogP contribution in [0.1, 0.15) is 37.7 Å². The third-order valence-corrected chi connectivity index (χ3v) is 4.00. The van der Waals surface area contributed by atoms with Crippen LogP contribution in [0, 0.1) is 0 Å². The molecule has 3 heteroatoms. The Kier molecular flexibility index (Phi) is 4.60. The minimum atomic E-state index is -0.190. The van der Waals surface area contributed by atoms with Crippen LogP contribution in [0.2, 0.25) is 0 Å². The molecule has 1 aromatic carbocycles. The molecule has 1 aliphatic carbocycles. The third-order valence-electron chi connectivity index (χ3n) is 3.47. The van der Waals surface area contributed by atoms with Crippen LogP contribution in [0.3, 0.4) is 0 Å². The van der Waals surface area contributed by atoms with E-state index >= 15 is 0 Å². The van der Waals surface area contributed by atoms with Crippen LogP contribution in [0.25, 0.3) is 0 Å². The smallest absolute Gasteiger partial charge is 0.0524 e. The average Bonchev–Trinajstić information content (AvgIpc) is 2.23. The summed E-state index contributed by atoms with van der Waals surface area (Å²) in [5.41, 5.74) is 1.45. The summed E-state index contributed by atoms with van der Waals surface area (Å²) in [7, 11) is 0. The van der Waals surface area contributed by atoms with Crippen molar-refractivity contribution in [2.75, 3.05) is 6.54 Å². The summed E-state index contributed by atoms with van der Waals surface area (Å²) in [5.74, 6) is 0.715. The maximum atomic E-state index is 9.17. The van der Waals surface area contributed by atoms with Crippen molar-refractivity contribution >= 4 is 15.9 Å². The van der Waals surface area contributed by atoms with Crippen LogP contribution in [0.15, 0.2) is 28.7 Å². The lowest BCUT2D eigenvalue weighted by molar-refractivity contribution is 0.177. The summed E-state index contributed by atoms with van der Waals surface area (Å²) < 4.78 is 1.15. The third kappa shape index (κ3) is 3.80. The van der Waals surface area contributed by atoms with Crippen LogP contribution < -0.4 is 5.32 Å². The highest BCUT2D eigenvalue weighted by Gasteiger charge is 2.29. The Morgan fingerprint density at radius 2 is 2.00 bits per heavy atom. The zero-order valence-corrected chi connectivity index (χ0v) is 11.8. The van der Waals surface area contributed by atoms with Crippen LogP contribution in [-0.2, 0) is 0 Å². The van der Waals surface area contributed by atoms with Gasteiger partial charge in [0.15, 0.2) is 0 Å². The molecule has 0 heterocycles. The van der Waals surface area contributed by atoms with Gasteiger partial charge in [-0.25, -0.2) is 0 Å². The lowest BCUT2D eigenvalue weighted by atomic mass is 9.76. The Labute approximate surface area is 112 Å². The van der Waals surface area contributed by atoms with Crippen molar-refractivity contribution in [2.45, 2.75) is 44.2 Å². The van der Waals surface area contributed by atoms with E-state index in [0.29, 0.717) is 12.0 Å². The fourth-order valence-corrected chi connectivity index (χ4v) is 2.55. The summed E-state index contributed by atoms with van der Waals surface area (Å²) >= 11 is 3.46. The van der Waals surface area contributed by atoms with Crippen molar-refractivity contribution in [2.24, 2.45) is 0 Å². The lowest BCUT2D eigenvalue weighted by Crippen LogP contribution is -2.41. The number of hydrogen-bond donors (Lipinski definition) is 2. The van der Waals surface area contributed by atoms with Gasteiger partial charge in [-0.3, -0.25) is 0 Å². The number of nitrogens with one attached hydrogen (secondary N) is 1. The van der Waals surface area contributed by atoms with Gasteiger partial charge < -0.3 is 10.4 Å². The van der Waals surface area contributed by atoms with Gasteiger partial charge in [0.05, 0.1) is 6.10 Å². The van der Waals surface area contributed by atoms with E-state index in [4.69, 9.17) is 5.11 Å². The Balaban J connectivity index is 1.70. The van der Waals surface area contributed by atoms with E-state index in [-0.39, 0.29) is 6.10 Å². The predicted molar refractivity (Wildman–Crippen MR) is 74.2 cm³/mol. The number of aliphatic hydroxyl groups excluding tert-OH is 1. The first-order chi connectivity index (χ1) is 8.15. The highest BCUT2D eigenvalue weighted by atomic mass is 79.9. The van der Waals surface area contributed by atoms with Crippen molar-refractivity contribution in [1.29, 1.82) is 0 Å². The fraction of sp³-hybridized carbons (Fsp3) is 0.571. The SMILES string of the molecule is CC(O)CCNC1CC(c2ccc(Br)cc2)C1. The maximum absolute atomic E-state index is 9.17. The van der Waals surface area contributed by atoms with E-state index in [1.807, 2.05) is 6.92 Å². The zero-order chi connectivity index (χ0) is 12.3. The molecular weight excluding hydrogens is 278 g/mol. The number of aliphatic hydroxyl groups is 1. The molecule has 0 saturated heterocycles. The Hall–Kier alpha value is -0.380. The van der Waals surface area contributed by atoms with Crippen molar-refractivity contribution in [3.63, 3.8) is 0 Å². The molecular formula is C14H20BrNO. The first-order valence-electron chi connectivity index (χ1n) is 6.32. The Morgan fingerprint density at radius 1 is 1.35 bits per heavy atom. The molecule has 2 rings (SSSR count). The summed E-state index contributed by atoms with van der Waals surface area (Å²) in [4.78, 5) is 0. The molecule has 1 aliphatic rings. The second-order valence-electron chi connectivity index (χ2n) is 5.01. The van der Waals surface area contributed by atoms with E-state index in [1.54, 1.807) is 0 Å². The molecule has 0 radical (unpaired) electrons. The predicted octanol–water partition coefficient (Wildman–Crippen LogP) is 3.06. The Morgan fingerprint density at radius 3 is 2.59 bits per heavy atom. The van der Waals surface area contributed by atoms with Gasteiger partial charge in [-0.2, -0.15) is 0 Å². The number of benzene rings is 1. The van der Waals surface area contributed by atoms with Crippen molar-refractivity contribution < 1.29 is 5.11 Å². The standard InChI is InChI=1S/C14H20BrNO/c1-10(17)6-7-16-14-8-12(9-14)11-2-4-13(15)5-3-11/h2-5,10,12,14,16-17H,6-9H2,1H3. The van der Waals surface area contributed by atoms with Crippen LogP contribution >= 0.6 is 15.9 Å². The summed E-state index contributed by atoms with van der Waals surface area (Å²) in [6, 6.07) is 9.29. The van der Waals surface area contributed by atoms with Crippen molar-refractivity contribution in [3.8, 4) is 0 Å². The minimum Gasteiger partial charge on any atom is -0.393 e. The summed E-state index contributed by atoms with van der Waals surface area (Å²) in [6.45, 7) is 2.77. The van der Waals surface area contributed by atoms with Gasteiger partial charge >= 0.3 is 0 Å². The molecule has 1 aromatic rings. The molecule has 0 spiro atoms. The summed E-state index contributed by atoms with van der Waals surface area (Å²) in [5, 5.41) is 12.7. The molecule has 1 unspecified atom stereocenters. The van der Waals surface area contributed by atoms with Gasteiger partial charge in [0.1, 0.15) is 0 Å². The van der Waals surface area contributed by atoms with Crippen LogP contribution in [0.4, 0.5) is 0 Å². The second kappa shape index (κ2) is 5.98. The molecule has 17 heavy (non-hydrogen) atoms. The molecule has 1 fully saturated rings. The fourth-order valence-electron chi connectivity index (χ4n) is 2.29. The van der Waals surface area contributed by atoms with Gasteiger partial charge in [0, 0.05) is 10.5 Å². The average molecular weight is 298 g/mol. The van der Waals surface area contributed by atoms with E-state index in [0.717, 1.165) is 17.4 Å².